The Morgan fingerprint density at radius 1 is 1.29 bits per heavy atom. The third kappa shape index (κ3) is 4.27. The molecule has 1 aromatic heterocycles. The van der Waals surface area contributed by atoms with Crippen molar-refractivity contribution in [1.29, 1.82) is 0 Å². The van der Waals surface area contributed by atoms with Crippen molar-refractivity contribution in [3.63, 3.8) is 0 Å². The molecule has 0 aliphatic carbocycles. The molecule has 2 rings (SSSR count). The Morgan fingerprint density at radius 3 is 2.47 bits per heavy atom. The number of rotatable bonds is 2. The number of hydrazine groups is 1. The molecule has 0 spiro atoms. The highest BCUT2D eigenvalue weighted by Gasteiger charge is 1.93. The molecule has 0 fully saturated rings. The largest absolute Gasteiger partial charge is 0.507 e. The summed E-state index contributed by atoms with van der Waals surface area (Å²) in [5.74, 6) is 5.67. The number of phenolic OH excluding ortho intramolecular Hbond substituents is 1. The van der Waals surface area contributed by atoms with Crippen molar-refractivity contribution in [2.45, 2.75) is 0 Å². The van der Waals surface area contributed by atoms with E-state index >= 15 is 0 Å². The first-order valence-electron chi connectivity index (χ1n) is 4.73. The number of nitrogens with one attached hydrogen (secondary N) is 1. The van der Waals surface area contributed by atoms with Crippen molar-refractivity contribution in [2.75, 3.05) is 5.43 Å². The third-order valence-electron chi connectivity index (χ3n) is 1.79. The van der Waals surface area contributed by atoms with Gasteiger partial charge in [0.1, 0.15) is 17.9 Å². The maximum absolute atomic E-state index is 10.1. The van der Waals surface area contributed by atoms with Gasteiger partial charge in [0.15, 0.2) is 6.29 Å². The monoisotopic (exact) mass is 232 g/mol. The predicted octanol–water partition coefficient (Wildman–Crippen LogP) is 0.967. The van der Waals surface area contributed by atoms with Gasteiger partial charge in [-0.15, -0.1) is 0 Å². The van der Waals surface area contributed by atoms with Gasteiger partial charge < -0.3 is 10.5 Å². The molecule has 4 N–H and O–H groups in total. The molecule has 6 nitrogen and oxygen atoms in total. The van der Waals surface area contributed by atoms with Gasteiger partial charge in [0.2, 0.25) is 0 Å². The Bertz CT molecular complexity index is 462. The van der Waals surface area contributed by atoms with Crippen LogP contribution in [0.3, 0.4) is 0 Å². The standard InChI is InChI=1S/C7H6O2.C4H6N4/c8-5-6-3-1-2-4-7(6)9;5-8-4-1-2-6-3-7-4/h1-5,9H;1-3H,5H2,(H,6,7,8). The lowest BCUT2D eigenvalue weighted by Crippen LogP contribution is -2.07. The number of benzene rings is 1. The Labute approximate surface area is 98.1 Å². The van der Waals surface area contributed by atoms with Crippen LogP contribution >= 0.6 is 0 Å². The van der Waals surface area contributed by atoms with Crippen LogP contribution in [0.25, 0.3) is 0 Å². The molecule has 0 atom stereocenters. The quantitative estimate of drug-likeness (QED) is 0.405. The molecule has 0 amide bonds. The molecule has 0 saturated carbocycles. The number of nitrogens with two attached hydrogens (primary N) is 1. The van der Waals surface area contributed by atoms with Crippen molar-refractivity contribution >= 4 is 12.1 Å². The molecule has 0 bridgehead atoms. The molecule has 1 heterocycles. The average molecular weight is 232 g/mol. The summed E-state index contributed by atoms with van der Waals surface area (Å²) in [7, 11) is 0. The first kappa shape index (κ1) is 12.6. The van der Waals surface area contributed by atoms with Crippen LogP contribution in [0.2, 0.25) is 0 Å². The molecule has 1 aromatic carbocycles. The zero-order valence-electron chi connectivity index (χ0n) is 8.95. The molecule has 0 unspecified atom stereocenters. The molecule has 2 aromatic rings. The predicted molar refractivity (Wildman–Crippen MR) is 63.3 cm³/mol. The van der Waals surface area contributed by atoms with E-state index < -0.39 is 0 Å². The summed E-state index contributed by atoms with van der Waals surface area (Å²) < 4.78 is 0. The van der Waals surface area contributed by atoms with E-state index in [1.54, 1.807) is 30.5 Å². The number of hydrogen-bond donors (Lipinski definition) is 3. The highest BCUT2D eigenvalue weighted by molar-refractivity contribution is 5.78. The molecule has 0 aliphatic rings. The highest BCUT2D eigenvalue weighted by atomic mass is 16.3. The number of anilines is 1. The number of aromatic nitrogens is 2. The molecule has 17 heavy (non-hydrogen) atoms. The lowest BCUT2D eigenvalue weighted by molar-refractivity contribution is 0.112. The summed E-state index contributed by atoms with van der Waals surface area (Å²) in [4.78, 5) is 17.5. The fourth-order valence-electron chi connectivity index (χ4n) is 0.963. The number of hydrogen-bond acceptors (Lipinski definition) is 6. The highest BCUT2D eigenvalue weighted by Crippen LogP contribution is 2.11. The van der Waals surface area contributed by atoms with E-state index in [9.17, 15) is 4.79 Å². The molecular formula is C11H12N4O2. The summed E-state index contributed by atoms with van der Waals surface area (Å²) in [5.41, 5.74) is 2.71. The second-order valence-corrected chi connectivity index (χ2v) is 2.92. The van der Waals surface area contributed by atoms with Crippen LogP contribution in [0.4, 0.5) is 5.82 Å². The van der Waals surface area contributed by atoms with Gasteiger partial charge in [-0.05, 0) is 12.1 Å². The van der Waals surface area contributed by atoms with E-state index in [-0.39, 0.29) is 5.75 Å². The van der Waals surface area contributed by atoms with Crippen LogP contribution in [-0.4, -0.2) is 21.4 Å². The molecular weight excluding hydrogens is 220 g/mol. The first-order chi connectivity index (χ1) is 8.27. The number of phenols is 1. The van der Waals surface area contributed by atoms with Gasteiger partial charge in [0.25, 0.3) is 0 Å². The Hall–Kier alpha value is -2.47. The maximum atomic E-state index is 10.1. The van der Waals surface area contributed by atoms with E-state index in [0.717, 1.165) is 0 Å². The van der Waals surface area contributed by atoms with Crippen molar-refractivity contribution in [2.24, 2.45) is 5.84 Å². The van der Waals surface area contributed by atoms with Crippen LogP contribution in [0.15, 0.2) is 42.9 Å². The lowest BCUT2D eigenvalue weighted by Gasteiger charge is -1.92. The first-order valence-corrected chi connectivity index (χ1v) is 4.73. The number of carbonyl (C=O) groups is 1. The summed E-state index contributed by atoms with van der Waals surface area (Å²) in [6, 6.07) is 8.08. The minimum Gasteiger partial charge on any atom is -0.507 e. The van der Waals surface area contributed by atoms with Gasteiger partial charge >= 0.3 is 0 Å². The van der Waals surface area contributed by atoms with Crippen molar-refractivity contribution in [3.05, 3.63) is 48.4 Å². The molecule has 0 radical (unpaired) electrons. The van der Waals surface area contributed by atoms with E-state index in [2.05, 4.69) is 15.4 Å². The van der Waals surface area contributed by atoms with Gasteiger partial charge in [-0.2, -0.15) is 0 Å². The van der Waals surface area contributed by atoms with Gasteiger partial charge in [0.05, 0.1) is 5.56 Å². The van der Waals surface area contributed by atoms with Gasteiger partial charge in [-0.3, -0.25) is 4.79 Å². The Kier molecular flexibility index (Phi) is 5.12. The summed E-state index contributed by atoms with van der Waals surface area (Å²) >= 11 is 0. The third-order valence-corrected chi connectivity index (χ3v) is 1.79. The number of carbonyl (C=O) groups excluding carboxylic acids is 1. The number of nitrogens with zero attached hydrogens (tertiary/aromatic N) is 2. The second kappa shape index (κ2) is 6.91. The van der Waals surface area contributed by atoms with Crippen molar-refractivity contribution in [1.82, 2.24) is 9.97 Å². The minimum absolute atomic E-state index is 0.0347. The van der Waals surface area contributed by atoms with Crippen LogP contribution in [0, 0.1) is 0 Å². The molecule has 6 heteroatoms. The van der Waals surface area contributed by atoms with Gasteiger partial charge in [-0.25, -0.2) is 15.8 Å². The normalized spacial score (nSPS) is 8.76. The summed E-state index contributed by atoms with van der Waals surface area (Å²) in [6.45, 7) is 0. The average Bonchev–Trinajstić information content (AvgIpc) is 2.41. The number of aromatic hydroxyl groups is 1. The molecule has 0 saturated heterocycles. The minimum atomic E-state index is 0.0347. The SMILES string of the molecule is NNc1ccncn1.O=Cc1ccccc1O. The zero-order chi connectivity index (χ0) is 12.5. The number of aldehydes is 1. The van der Waals surface area contributed by atoms with Crippen molar-refractivity contribution < 1.29 is 9.90 Å². The van der Waals surface area contributed by atoms with Crippen LogP contribution in [0.5, 0.6) is 5.75 Å². The molecule has 88 valence electrons. The van der Waals surface area contributed by atoms with E-state index in [1.807, 2.05) is 0 Å². The van der Waals surface area contributed by atoms with E-state index in [0.29, 0.717) is 17.7 Å². The maximum Gasteiger partial charge on any atom is 0.153 e. The fourth-order valence-corrected chi connectivity index (χ4v) is 0.963. The van der Waals surface area contributed by atoms with E-state index in [1.165, 1.54) is 12.4 Å². The molecule has 0 aliphatic heterocycles. The Morgan fingerprint density at radius 2 is 2.06 bits per heavy atom. The summed E-state index contributed by atoms with van der Waals surface area (Å²) in [6.07, 6.45) is 3.66. The fraction of sp³-hybridized carbons (Fsp3) is 0. The van der Waals surface area contributed by atoms with E-state index in [4.69, 9.17) is 10.9 Å². The summed E-state index contributed by atoms with van der Waals surface area (Å²) in [5, 5.41) is 8.88. The number of para-hydroxylation sites is 1. The van der Waals surface area contributed by atoms with Crippen molar-refractivity contribution in [3.8, 4) is 5.75 Å². The van der Waals surface area contributed by atoms with Gasteiger partial charge in [0, 0.05) is 12.3 Å². The van der Waals surface area contributed by atoms with Crippen LogP contribution < -0.4 is 11.3 Å². The second-order valence-electron chi connectivity index (χ2n) is 2.92. The lowest BCUT2D eigenvalue weighted by atomic mass is 10.2. The van der Waals surface area contributed by atoms with Gasteiger partial charge in [-0.1, -0.05) is 12.1 Å². The van der Waals surface area contributed by atoms with Crippen LogP contribution in [0.1, 0.15) is 10.4 Å². The topological polar surface area (TPSA) is 101 Å². The smallest absolute Gasteiger partial charge is 0.153 e. The Balaban J connectivity index is 0.000000171. The zero-order valence-corrected chi connectivity index (χ0v) is 8.95. The van der Waals surface area contributed by atoms with Crippen LogP contribution in [-0.2, 0) is 0 Å². The number of nitrogen functional groups attached to an aromatic ring is 1.